The van der Waals surface area contributed by atoms with Gasteiger partial charge in [-0.25, -0.2) is 0 Å². The molecule has 2 fully saturated rings. The molecular weight excluding hydrogens is 152 g/mol. The van der Waals surface area contributed by atoms with Gasteiger partial charge in [-0.1, -0.05) is 19.3 Å². The van der Waals surface area contributed by atoms with Gasteiger partial charge in [0.15, 0.2) is 0 Å². The van der Waals surface area contributed by atoms with Crippen molar-refractivity contribution in [1.82, 2.24) is 0 Å². The van der Waals surface area contributed by atoms with Gasteiger partial charge in [0.25, 0.3) is 0 Å². The first-order chi connectivity index (χ1) is 5.75. The molecule has 0 spiro atoms. The standard InChI is InChI=1S/C10H16O2/c11-10(12)9-5-7-2-1-3-8(4-7)6-9/h7-9H,1-6H2,(H,11,12)/t7-,8?,9?/m0/s1. The minimum Gasteiger partial charge on any atom is -0.481 e. The van der Waals surface area contributed by atoms with Gasteiger partial charge in [-0.15, -0.1) is 0 Å². The second kappa shape index (κ2) is 3.08. The van der Waals surface area contributed by atoms with Gasteiger partial charge in [0.05, 0.1) is 5.92 Å². The number of hydrogen-bond donors (Lipinski definition) is 1. The van der Waals surface area contributed by atoms with Crippen molar-refractivity contribution >= 4 is 5.97 Å². The van der Waals surface area contributed by atoms with E-state index in [4.69, 9.17) is 5.11 Å². The number of hydrogen-bond acceptors (Lipinski definition) is 1. The molecule has 12 heavy (non-hydrogen) atoms. The van der Waals surface area contributed by atoms with E-state index < -0.39 is 5.97 Å². The third kappa shape index (κ3) is 1.47. The van der Waals surface area contributed by atoms with E-state index in [-0.39, 0.29) is 5.92 Å². The molecule has 0 aromatic heterocycles. The molecule has 3 atom stereocenters. The van der Waals surface area contributed by atoms with Gasteiger partial charge in [0.2, 0.25) is 0 Å². The number of carbonyl (C=O) groups is 1. The Kier molecular flexibility index (Phi) is 2.07. The fourth-order valence-electron chi connectivity index (χ4n) is 2.93. The highest BCUT2D eigenvalue weighted by Gasteiger charge is 2.34. The molecule has 2 saturated carbocycles. The summed E-state index contributed by atoms with van der Waals surface area (Å²) in [4.78, 5) is 10.8. The van der Waals surface area contributed by atoms with E-state index in [1.165, 1.54) is 25.7 Å². The van der Waals surface area contributed by atoms with E-state index in [2.05, 4.69) is 0 Å². The van der Waals surface area contributed by atoms with Gasteiger partial charge in [-0.2, -0.15) is 0 Å². The second-order valence-electron chi connectivity index (χ2n) is 4.41. The molecule has 2 rings (SSSR count). The summed E-state index contributed by atoms with van der Waals surface area (Å²) >= 11 is 0. The van der Waals surface area contributed by atoms with Crippen LogP contribution in [-0.4, -0.2) is 11.1 Å². The van der Waals surface area contributed by atoms with Gasteiger partial charge >= 0.3 is 5.97 Å². The van der Waals surface area contributed by atoms with E-state index in [1.54, 1.807) is 0 Å². The molecule has 2 unspecified atom stereocenters. The Morgan fingerprint density at radius 1 is 1.08 bits per heavy atom. The molecular formula is C10H16O2. The van der Waals surface area contributed by atoms with E-state index in [9.17, 15) is 4.79 Å². The fourth-order valence-corrected chi connectivity index (χ4v) is 2.93. The van der Waals surface area contributed by atoms with Crippen molar-refractivity contribution in [3.8, 4) is 0 Å². The number of fused-ring (bicyclic) bond motifs is 2. The topological polar surface area (TPSA) is 37.3 Å². The monoisotopic (exact) mass is 168 g/mol. The highest BCUT2D eigenvalue weighted by molar-refractivity contribution is 5.70. The van der Waals surface area contributed by atoms with Crippen molar-refractivity contribution in [3.05, 3.63) is 0 Å². The van der Waals surface area contributed by atoms with Crippen LogP contribution in [0.4, 0.5) is 0 Å². The Bertz CT molecular complexity index is 176. The lowest BCUT2D eigenvalue weighted by Gasteiger charge is -2.37. The third-order valence-corrected chi connectivity index (χ3v) is 3.48. The van der Waals surface area contributed by atoms with Crippen LogP contribution in [0.25, 0.3) is 0 Å². The lowest BCUT2D eigenvalue weighted by Crippen LogP contribution is -2.30. The lowest BCUT2D eigenvalue weighted by molar-refractivity contribution is -0.144. The quantitative estimate of drug-likeness (QED) is 0.652. The van der Waals surface area contributed by atoms with Crippen molar-refractivity contribution in [2.24, 2.45) is 17.8 Å². The maximum atomic E-state index is 10.8. The molecule has 0 amide bonds. The number of carboxylic acids is 1. The van der Waals surface area contributed by atoms with Crippen LogP contribution in [0.3, 0.4) is 0 Å². The lowest BCUT2D eigenvalue weighted by atomic mass is 9.68. The fraction of sp³-hybridized carbons (Fsp3) is 0.900. The molecule has 0 aromatic carbocycles. The summed E-state index contributed by atoms with van der Waals surface area (Å²) < 4.78 is 0. The van der Waals surface area contributed by atoms with Crippen molar-refractivity contribution in [2.45, 2.75) is 38.5 Å². The molecule has 2 nitrogen and oxygen atoms in total. The molecule has 0 heterocycles. The normalized spacial score (nSPS) is 40.8. The smallest absolute Gasteiger partial charge is 0.306 e. The first kappa shape index (κ1) is 8.09. The molecule has 2 heteroatoms. The molecule has 0 radical (unpaired) electrons. The number of aliphatic carboxylic acids is 1. The zero-order valence-electron chi connectivity index (χ0n) is 7.33. The van der Waals surface area contributed by atoms with E-state index in [1.807, 2.05) is 0 Å². The summed E-state index contributed by atoms with van der Waals surface area (Å²) in [5, 5.41) is 8.89. The Labute approximate surface area is 73.0 Å². The minimum absolute atomic E-state index is 0.0194. The van der Waals surface area contributed by atoms with E-state index in [0.717, 1.165) is 24.7 Å². The molecule has 1 N–H and O–H groups in total. The maximum absolute atomic E-state index is 10.8. The second-order valence-corrected chi connectivity index (χ2v) is 4.41. The van der Waals surface area contributed by atoms with Crippen LogP contribution >= 0.6 is 0 Å². The van der Waals surface area contributed by atoms with Gasteiger partial charge in [-0.3, -0.25) is 4.79 Å². The van der Waals surface area contributed by atoms with Crippen molar-refractivity contribution < 1.29 is 9.90 Å². The molecule has 68 valence electrons. The van der Waals surface area contributed by atoms with Gasteiger partial charge < -0.3 is 5.11 Å². The summed E-state index contributed by atoms with van der Waals surface area (Å²) in [6.07, 6.45) is 7.10. The largest absolute Gasteiger partial charge is 0.481 e. The molecule has 2 aliphatic carbocycles. The van der Waals surface area contributed by atoms with Gasteiger partial charge in [-0.05, 0) is 31.1 Å². The molecule has 0 aromatic rings. The van der Waals surface area contributed by atoms with Crippen molar-refractivity contribution in [3.63, 3.8) is 0 Å². The average molecular weight is 168 g/mol. The summed E-state index contributed by atoms with van der Waals surface area (Å²) in [7, 11) is 0. The van der Waals surface area contributed by atoms with Crippen LogP contribution < -0.4 is 0 Å². The molecule has 2 bridgehead atoms. The van der Waals surface area contributed by atoms with Crippen LogP contribution in [0.1, 0.15) is 38.5 Å². The van der Waals surface area contributed by atoms with Crippen LogP contribution in [0.2, 0.25) is 0 Å². The Morgan fingerprint density at radius 2 is 1.67 bits per heavy atom. The van der Waals surface area contributed by atoms with Crippen LogP contribution in [0.5, 0.6) is 0 Å². The Balaban J connectivity index is 2.00. The third-order valence-electron chi connectivity index (χ3n) is 3.48. The predicted octanol–water partition coefficient (Wildman–Crippen LogP) is 2.29. The van der Waals surface area contributed by atoms with Crippen molar-refractivity contribution in [2.75, 3.05) is 0 Å². The van der Waals surface area contributed by atoms with Crippen LogP contribution in [-0.2, 0) is 4.79 Å². The van der Waals surface area contributed by atoms with E-state index >= 15 is 0 Å². The molecule has 0 aliphatic heterocycles. The SMILES string of the molecule is O=C(O)C1CC2CCC[C@@H](C2)C1. The summed E-state index contributed by atoms with van der Waals surface area (Å²) in [6.45, 7) is 0. The molecule has 0 saturated heterocycles. The maximum Gasteiger partial charge on any atom is 0.306 e. The zero-order valence-corrected chi connectivity index (χ0v) is 7.33. The highest BCUT2D eigenvalue weighted by Crippen LogP contribution is 2.42. The van der Waals surface area contributed by atoms with Crippen LogP contribution in [0.15, 0.2) is 0 Å². The first-order valence-corrected chi connectivity index (χ1v) is 4.98. The van der Waals surface area contributed by atoms with Gasteiger partial charge in [0.1, 0.15) is 0 Å². The minimum atomic E-state index is -0.563. The predicted molar refractivity (Wildman–Crippen MR) is 45.8 cm³/mol. The first-order valence-electron chi connectivity index (χ1n) is 4.98. The van der Waals surface area contributed by atoms with Crippen molar-refractivity contribution in [1.29, 1.82) is 0 Å². The summed E-state index contributed by atoms with van der Waals surface area (Å²) in [5.74, 6) is 0.887. The number of rotatable bonds is 1. The van der Waals surface area contributed by atoms with E-state index in [0.29, 0.717) is 0 Å². The summed E-state index contributed by atoms with van der Waals surface area (Å²) in [5.41, 5.74) is 0. The zero-order chi connectivity index (χ0) is 8.55. The molecule has 2 aliphatic rings. The number of carboxylic acid groups (broad SMARTS) is 1. The highest BCUT2D eigenvalue weighted by atomic mass is 16.4. The average Bonchev–Trinajstić information content (AvgIpc) is 2.03. The van der Waals surface area contributed by atoms with Gasteiger partial charge in [0, 0.05) is 0 Å². The Morgan fingerprint density at radius 3 is 2.17 bits per heavy atom. The van der Waals surface area contributed by atoms with Crippen LogP contribution in [0, 0.1) is 17.8 Å². The summed E-state index contributed by atoms with van der Waals surface area (Å²) in [6, 6.07) is 0. The Hall–Kier alpha value is -0.530.